The fourth-order valence-corrected chi connectivity index (χ4v) is 2.05. The van der Waals surface area contributed by atoms with Crippen LogP contribution in [-0.2, 0) is 14.3 Å². The van der Waals surface area contributed by atoms with Gasteiger partial charge in [-0.3, -0.25) is 9.59 Å². The molecule has 2 amide bonds. The van der Waals surface area contributed by atoms with E-state index < -0.39 is 0 Å². The molecule has 1 heterocycles. The number of hydrogen-bond acceptors (Lipinski definition) is 4. The number of carbonyl (C=O) groups excluding carboxylic acids is 2. The number of anilines is 1. The fourth-order valence-electron chi connectivity index (χ4n) is 2.05. The van der Waals surface area contributed by atoms with Gasteiger partial charge in [0.2, 0.25) is 5.91 Å². The molecular weight excluding hydrogens is 272 g/mol. The molecule has 114 valence electrons. The number of amides is 2. The highest BCUT2D eigenvalue weighted by atomic mass is 16.7. The molecule has 0 bridgehead atoms. The monoisotopic (exact) mass is 292 g/mol. The molecule has 0 spiro atoms. The zero-order valence-corrected chi connectivity index (χ0v) is 12.1. The average molecular weight is 292 g/mol. The number of rotatable bonds is 5. The van der Waals surface area contributed by atoms with Gasteiger partial charge in [-0.15, -0.1) is 0 Å². The molecule has 1 fully saturated rings. The first-order chi connectivity index (χ1) is 10.1. The summed E-state index contributed by atoms with van der Waals surface area (Å²) in [7, 11) is 0. The van der Waals surface area contributed by atoms with Gasteiger partial charge < -0.3 is 20.1 Å². The smallest absolute Gasteiger partial charge is 0.251 e. The van der Waals surface area contributed by atoms with E-state index in [1.165, 1.54) is 6.92 Å². The minimum atomic E-state index is -0.232. The van der Waals surface area contributed by atoms with Gasteiger partial charge in [-0.1, -0.05) is 6.07 Å². The van der Waals surface area contributed by atoms with Crippen LogP contribution in [0.3, 0.4) is 0 Å². The van der Waals surface area contributed by atoms with Crippen molar-refractivity contribution in [3.05, 3.63) is 29.8 Å². The van der Waals surface area contributed by atoms with E-state index in [9.17, 15) is 9.59 Å². The summed E-state index contributed by atoms with van der Waals surface area (Å²) in [5.74, 6) is -0.350. The highest BCUT2D eigenvalue weighted by molar-refractivity contribution is 5.96. The summed E-state index contributed by atoms with van der Waals surface area (Å²) >= 11 is 0. The van der Waals surface area contributed by atoms with Crippen molar-refractivity contribution in [1.29, 1.82) is 0 Å². The Morgan fingerprint density at radius 2 is 2.05 bits per heavy atom. The van der Waals surface area contributed by atoms with Crippen LogP contribution in [0.25, 0.3) is 0 Å². The third kappa shape index (κ3) is 5.17. The number of nitrogens with one attached hydrogen (secondary N) is 2. The van der Waals surface area contributed by atoms with Gasteiger partial charge in [0.05, 0.1) is 13.2 Å². The normalized spacial score (nSPS) is 15.5. The van der Waals surface area contributed by atoms with E-state index in [0.29, 0.717) is 37.4 Å². The molecule has 0 saturated carbocycles. The third-order valence-electron chi connectivity index (χ3n) is 3.01. The number of hydrogen-bond donors (Lipinski definition) is 2. The van der Waals surface area contributed by atoms with Crippen molar-refractivity contribution in [2.45, 2.75) is 26.1 Å². The van der Waals surface area contributed by atoms with Gasteiger partial charge in [0.15, 0.2) is 6.29 Å². The first kappa shape index (κ1) is 15.5. The molecule has 1 aliphatic rings. The van der Waals surface area contributed by atoms with Crippen LogP contribution in [0, 0.1) is 0 Å². The molecule has 0 atom stereocenters. The lowest BCUT2D eigenvalue weighted by Gasteiger charge is -2.23. The van der Waals surface area contributed by atoms with Crippen molar-refractivity contribution in [3.8, 4) is 0 Å². The standard InChI is InChI=1S/C15H20N2O4/c1-11(18)17-13-5-2-4-12(10-13)15(19)16-7-6-14-20-8-3-9-21-14/h2,4-5,10,14H,3,6-9H2,1H3,(H,16,19)(H,17,18). The van der Waals surface area contributed by atoms with Gasteiger partial charge in [-0.05, 0) is 24.6 Å². The van der Waals surface area contributed by atoms with Crippen LogP contribution in [0.15, 0.2) is 24.3 Å². The molecule has 0 radical (unpaired) electrons. The Morgan fingerprint density at radius 1 is 1.29 bits per heavy atom. The molecule has 0 aliphatic carbocycles. The molecular formula is C15H20N2O4. The lowest BCUT2D eigenvalue weighted by Crippen LogP contribution is -2.31. The molecule has 1 saturated heterocycles. The largest absolute Gasteiger partial charge is 0.353 e. The van der Waals surface area contributed by atoms with E-state index in [-0.39, 0.29) is 18.1 Å². The third-order valence-corrected chi connectivity index (χ3v) is 3.01. The van der Waals surface area contributed by atoms with Crippen molar-refractivity contribution in [2.75, 3.05) is 25.1 Å². The Bertz CT molecular complexity index is 498. The molecule has 1 aliphatic heterocycles. The second kappa shape index (κ2) is 7.75. The Hall–Kier alpha value is -1.92. The lowest BCUT2D eigenvalue weighted by atomic mass is 10.2. The van der Waals surface area contributed by atoms with E-state index in [1.54, 1.807) is 24.3 Å². The topological polar surface area (TPSA) is 76.7 Å². The molecule has 1 aromatic carbocycles. The summed E-state index contributed by atoms with van der Waals surface area (Å²) in [5.41, 5.74) is 1.11. The highest BCUT2D eigenvalue weighted by Crippen LogP contribution is 2.11. The summed E-state index contributed by atoms with van der Waals surface area (Å²) in [6.07, 6.45) is 1.31. The Labute approximate surface area is 123 Å². The predicted octanol–water partition coefficient (Wildman–Crippen LogP) is 1.53. The quantitative estimate of drug-likeness (QED) is 0.863. The molecule has 6 nitrogen and oxygen atoms in total. The zero-order valence-electron chi connectivity index (χ0n) is 12.1. The maximum absolute atomic E-state index is 12.0. The van der Waals surface area contributed by atoms with Gasteiger partial charge >= 0.3 is 0 Å². The molecule has 2 N–H and O–H groups in total. The Balaban J connectivity index is 1.80. The first-order valence-corrected chi connectivity index (χ1v) is 7.04. The summed E-state index contributed by atoms with van der Waals surface area (Å²) in [4.78, 5) is 23.0. The van der Waals surface area contributed by atoms with Crippen molar-refractivity contribution in [2.24, 2.45) is 0 Å². The maximum atomic E-state index is 12.0. The first-order valence-electron chi connectivity index (χ1n) is 7.04. The van der Waals surface area contributed by atoms with Crippen LogP contribution in [-0.4, -0.2) is 37.9 Å². The Kier molecular flexibility index (Phi) is 5.71. The predicted molar refractivity (Wildman–Crippen MR) is 78.0 cm³/mol. The van der Waals surface area contributed by atoms with Crippen molar-refractivity contribution in [3.63, 3.8) is 0 Å². The lowest BCUT2D eigenvalue weighted by molar-refractivity contribution is -0.180. The molecule has 21 heavy (non-hydrogen) atoms. The van der Waals surface area contributed by atoms with Gasteiger partial charge in [0.1, 0.15) is 0 Å². The van der Waals surface area contributed by atoms with Crippen molar-refractivity contribution < 1.29 is 19.1 Å². The molecule has 1 aromatic rings. The molecule has 0 aromatic heterocycles. The summed E-state index contributed by atoms with van der Waals surface area (Å²) < 4.78 is 10.8. The second-order valence-electron chi connectivity index (χ2n) is 4.83. The van der Waals surface area contributed by atoms with Crippen LogP contribution >= 0.6 is 0 Å². The summed E-state index contributed by atoms with van der Waals surface area (Å²) in [6, 6.07) is 6.81. The van der Waals surface area contributed by atoms with E-state index in [1.807, 2.05) is 0 Å². The summed E-state index contributed by atoms with van der Waals surface area (Å²) in [6.45, 7) is 3.32. The zero-order chi connectivity index (χ0) is 15.1. The van der Waals surface area contributed by atoms with Gasteiger partial charge in [-0.25, -0.2) is 0 Å². The number of carbonyl (C=O) groups is 2. The average Bonchev–Trinajstić information content (AvgIpc) is 2.48. The van der Waals surface area contributed by atoms with E-state index in [4.69, 9.17) is 9.47 Å². The minimum Gasteiger partial charge on any atom is -0.353 e. The highest BCUT2D eigenvalue weighted by Gasteiger charge is 2.14. The molecule has 0 unspecified atom stereocenters. The SMILES string of the molecule is CC(=O)Nc1cccc(C(=O)NCCC2OCCCO2)c1. The van der Waals surface area contributed by atoms with Gasteiger partial charge in [-0.2, -0.15) is 0 Å². The van der Waals surface area contributed by atoms with Crippen LogP contribution in [0.4, 0.5) is 5.69 Å². The fraction of sp³-hybridized carbons (Fsp3) is 0.467. The van der Waals surface area contributed by atoms with Crippen LogP contribution in [0.5, 0.6) is 0 Å². The number of benzene rings is 1. The van der Waals surface area contributed by atoms with Gasteiger partial charge in [0, 0.05) is 31.1 Å². The molecule has 2 rings (SSSR count). The maximum Gasteiger partial charge on any atom is 0.251 e. The van der Waals surface area contributed by atoms with Crippen molar-refractivity contribution >= 4 is 17.5 Å². The Morgan fingerprint density at radius 3 is 2.76 bits per heavy atom. The van der Waals surface area contributed by atoms with Gasteiger partial charge in [0.25, 0.3) is 5.91 Å². The second-order valence-corrected chi connectivity index (χ2v) is 4.83. The molecule has 6 heteroatoms. The van der Waals surface area contributed by atoms with Crippen LogP contribution < -0.4 is 10.6 Å². The van der Waals surface area contributed by atoms with E-state index in [2.05, 4.69) is 10.6 Å². The van der Waals surface area contributed by atoms with E-state index >= 15 is 0 Å². The minimum absolute atomic E-state index is 0.167. The number of ether oxygens (including phenoxy) is 2. The van der Waals surface area contributed by atoms with E-state index in [0.717, 1.165) is 6.42 Å². The summed E-state index contributed by atoms with van der Waals surface area (Å²) in [5, 5.41) is 5.46. The van der Waals surface area contributed by atoms with Crippen molar-refractivity contribution in [1.82, 2.24) is 5.32 Å². The van der Waals surface area contributed by atoms with Crippen LogP contribution in [0.2, 0.25) is 0 Å². The van der Waals surface area contributed by atoms with Crippen LogP contribution in [0.1, 0.15) is 30.1 Å².